The highest BCUT2D eigenvalue weighted by molar-refractivity contribution is 5.95. The molecule has 0 bridgehead atoms. The fourth-order valence-corrected chi connectivity index (χ4v) is 2.89. The van der Waals surface area contributed by atoms with Crippen molar-refractivity contribution < 1.29 is 8.78 Å². The molecule has 4 aromatic rings. The zero-order valence-corrected chi connectivity index (χ0v) is 12.0. The van der Waals surface area contributed by atoms with E-state index >= 15 is 0 Å². The second kappa shape index (κ2) is 5.02. The summed E-state index contributed by atoms with van der Waals surface area (Å²) in [6.07, 6.45) is 0. The van der Waals surface area contributed by atoms with Crippen LogP contribution in [0.2, 0.25) is 0 Å². The van der Waals surface area contributed by atoms with Gasteiger partial charge in [-0.2, -0.15) is 0 Å². The molecule has 4 rings (SSSR count). The summed E-state index contributed by atoms with van der Waals surface area (Å²) in [5.74, 6) is -0.894. The summed E-state index contributed by atoms with van der Waals surface area (Å²) in [5, 5.41) is 0.795. The first-order valence-electron chi connectivity index (χ1n) is 7.14. The van der Waals surface area contributed by atoms with Crippen LogP contribution in [0.5, 0.6) is 0 Å². The van der Waals surface area contributed by atoms with Gasteiger partial charge < -0.3 is 4.57 Å². The molecule has 23 heavy (non-hydrogen) atoms. The van der Waals surface area contributed by atoms with Gasteiger partial charge in [0.25, 0.3) is 0 Å². The van der Waals surface area contributed by atoms with Gasteiger partial charge in [-0.15, -0.1) is 0 Å². The molecule has 3 aromatic carbocycles. The van der Waals surface area contributed by atoms with Gasteiger partial charge in [0.2, 0.25) is 0 Å². The van der Waals surface area contributed by atoms with E-state index in [1.807, 2.05) is 30.3 Å². The van der Waals surface area contributed by atoms with Crippen LogP contribution >= 0.6 is 0 Å². The van der Waals surface area contributed by atoms with E-state index in [0.717, 1.165) is 5.69 Å². The van der Waals surface area contributed by atoms with Crippen LogP contribution in [0.3, 0.4) is 0 Å². The number of hydrogen-bond acceptors (Lipinski definition) is 1. The van der Waals surface area contributed by atoms with Crippen LogP contribution in [-0.2, 0) is 0 Å². The number of fused-ring (bicyclic) bond motifs is 2. The second-order valence-electron chi connectivity index (χ2n) is 5.32. The maximum Gasteiger partial charge on any atom is 0.197 e. The van der Waals surface area contributed by atoms with Gasteiger partial charge in [0, 0.05) is 16.5 Å². The summed E-state index contributed by atoms with van der Waals surface area (Å²) >= 11 is 0. The quantitative estimate of drug-likeness (QED) is 0.477. The molecule has 0 fully saturated rings. The largest absolute Gasteiger partial charge is 0.309 e. The molecule has 1 heterocycles. The lowest BCUT2D eigenvalue weighted by Crippen LogP contribution is -2.11. The molecule has 0 N–H and O–H groups in total. The predicted octanol–water partition coefficient (Wildman–Crippen LogP) is 4.42. The summed E-state index contributed by atoms with van der Waals surface area (Å²) in [6, 6.07) is 17.2. The summed E-state index contributed by atoms with van der Waals surface area (Å²) in [4.78, 5) is 12.6. The Balaban J connectivity index is 2.32. The van der Waals surface area contributed by atoms with E-state index in [9.17, 15) is 13.6 Å². The third-order valence-corrected chi connectivity index (χ3v) is 3.91. The number of benzene rings is 3. The molecule has 0 aliphatic carbocycles. The minimum absolute atomic E-state index is 0.234. The van der Waals surface area contributed by atoms with Crippen LogP contribution in [0.1, 0.15) is 0 Å². The number of para-hydroxylation sites is 1. The Morgan fingerprint density at radius 3 is 1.74 bits per heavy atom. The topological polar surface area (TPSA) is 22.0 Å². The minimum atomic E-state index is -0.447. The molecule has 0 atom stereocenters. The Morgan fingerprint density at radius 1 is 0.696 bits per heavy atom. The van der Waals surface area contributed by atoms with Crippen LogP contribution in [0.25, 0.3) is 27.5 Å². The van der Waals surface area contributed by atoms with Gasteiger partial charge in [-0.25, -0.2) is 8.78 Å². The van der Waals surface area contributed by atoms with Gasteiger partial charge in [-0.3, -0.25) is 4.79 Å². The lowest BCUT2D eigenvalue weighted by molar-refractivity contribution is 0.628. The van der Waals surface area contributed by atoms with Gasteiger partial charge in [0.15, 0.2) is 5.43 Å². The summed E-state index contributed by atoms with van der Waals surface area (Å²) < 4.78 is 29.2. The van der Waals surface area contributed by atoms with Crippen molar-refractivity contribution in [3.05, 3.63) is 88.6 Å². The molecule has 2 nitrogen and oxygen atoms in total. The zero-order valence-electron chi connectivity index (χ0n) is 12.0. The van der Waals surface area contributed by atoms with Gasteiger partial charge in [-0.05, 0) is 48.5 Å². The molecular weight excluding hydrogens is 296 g/mol. The average molecular weight is 307 g/mol. The fraction of sp³-hybridized carbons (Fsp3) is 0. The lowest BCUT2D eigenvalue weighted by atomic mass is 10.1. The minimum Gasteiger partial charge on any atom is -0.309 e. The Morgan fingerprint density at radius 2 is 1.22 bits per heavy atom. The van der Waals surface area contributed by atoms with E-state index in [-0.39, 0.29) is 5.43 Å². The molecule has 0 radical (unpaired) electrons. The number of halogens is 2. The van der Waals surface area contributed by atoms with Crippen LogP contribution in [-0.4, -0.2) is 4.57 Å². The summed E-state index contributed by atoms with van der Waals surface area (Å²) in [5.41, 5.74) is 1.33. The zero-order chi connectivity index (χ0) is 16.0. The van der Waals surface area contributed by atoms with E-state index in [1.54, 1.807) is 4.57 Å². The monoisotopic (exact) mass is 307 g/mol. The first-order chi connectivity index (χ1) is 11.1. The van der Waals surface area contributed by atoms with Gasteiger partial charge in [-0.1, -0.05) is 18.2 Å². The van der Waals surface area contributed by atoms with Crippen molar-refractivity contribution in [2.24, 2.45) is 0 Å². The molecule has 112 valence electrons. The Kier molecular flexibility index (Phi) is 2.98. The van der Waals surface area contributed by atoms with Gasteiger partial charge in [0.05, 0.1) is 11.0 Å². The number of nitrogens with zero attached hydrogens (tertiary/aromatic N) is 1. The lowest BCUT2D eigenvalue weighted by Gasteiger charge is -2.15. The van der Waals surface area contributed by atoms with Crippen LogP contribution in [0.4, 0.5) is 8.78 Å². The summed E-state index contributed by atoms with van der Waals surface area (Å²) in [6.45, 7) is 0. The van der Waals surface area contributed by atoms with Crippen molar-refractivity contribution >= 4 is 21.8 Å². The Bertz CT molecular complexity index is 1040. The van der Waals surface area contributed by atoms with E-state index in [4.69, 9.17) is 0 Å². The maximum absolute atomic E-state index is 13.8. The normalized spacial score (nSPS) is 11.2. The Labute approximate surface area is 130 Å². The summed E-state index contributed by atoms with van der Waals surface area (Å²) in [7, 11) is 0. The van der Waals surface area contributed by atoms with Crippen molar-refractivity contribution in [3.63, 3.8) is 0 Å². The second-order valence-corrected chi connectivity index (χ2v) is 5.32. The van der Waals surface area contributed by atoms with Crippen molar-refractivity contribution in [2.75, 3.05) is 0 Å². The first-order valence-corrected chi connectivity index (χ1v) is 7.14. The van der Waals surface area contributed by atoms with Crippen molar-refractivity contribution in [1.82, 2.24) is 4.57 Å². The molecule has 0 amide bonds. The highest BCUT2D eigenvalue weighted by Crippen LogP contribution is 2.25. The molecule has 0 spiro atoms. The fourth-order valence-electron chi connectivity index (χ4n) is 2.89. The third kappa shape index (κ3) is 2.11. The highest BCUT2D eigenvalue weighted by atomic mass is 19.1. The van der Waals surface area contributed by atoms with E-state index in [2.05, 4.69) is 0 Å². The maximum atomic E-state index is 13.8. The van der Waals surface area contributed by atoms with Crippen LogP contribution in [0, 0.1) is 11.6 Å². The molecule has 0 aliphatic heterocycles. The third-order valence-electron chi connectivity index (χ3n) is 3.91. The molecule has 0 saturated carbocycles. The SMILES string of the molecule is O=c1c2ccc(F)cc2n(-c2ccccc2)c2cc(F)ccc12. The molecule has 0 saturated heterocycles. The Hall–Kier alpha value is -3.01. The number of hydrogen-bond donors (Lipinski definition) is 0. The van der Waals surface area contributed by atoms with Crippen molar-refractivity contribution in [1.29, 1.82) is 0 Å². The highest BCUT2D eigenvalue weighted by Gasteiger charge is 2.13. The van der Waals surface area contributed by atoms with E-state index < -0.39 is 11.6 Å². The predicted molar refractivity (Wildman–Crippen MR) is 87.0 cm³/mol. The van der Waals surface area contributed by atoms with Crippen LogP contribution < -0.4 is 5.43 Å². The van der Waals surface area contributed by atoms with Gasteiger partial charge >= 0.3 is 0 Å². The standard InChI is InChI=1S/C19H11F2NO/c20-12-6-8-15-17(10-12)22(14-4-2-1-3-5-14)18-11-13(21)7-9-16(18)19(15)23/h1-11H. The van der Waals surface area contributed by atoms with Gasteiger partial charge in [0.1, 0.15) is 11.6 Å². The molecule has 0 aliphatic rings. The van der Waals surface area contributed by atoms with Crippen molar-refractivity contribution in [3.8, 4) is 5.69 Å². The molecule has 0 unspecified atom stereocenters. The van der Waals surface area contributed by atoms with Crippen LogP contribution in [0.15, 0.2) is 71.5 Å². The first kappa shape index (κ1) is 13.6. The molecule has 4 heteroatoms. The smallest absolute Gasteiger partial charge is 0.197 e. The van der Waals surface area contributed by atoms with E-state index in [1.165, 1.54) is 36.4 Å². The molecule has 1 aromatic heterocycles. The number of rotatable bonds is 1. The number of pyridine rings is 1. The average Bonchev–Trinajstić information content (AvgIpc) is 2.55. The van der Waals surface area contributed by atoms with Crippen molar-refractivity contribution in [2.45, 2.75) is 0 Å². The van der Waals surface area contributed by atoms with E-state index in [0.29, 0.717) is 21.8 Å². The molecular formula is C19H11F2NO. The number of aromatic nitrogens is 1.